The summed E-state index contributed by atoms with van der Waals surface area (Å²) < 4.78 is 0. The molecule has 0 bridgehead atoms. The van der Waals surface area contributed by atoms with Crippen molar-refractivity contribution < 1.29 is 4.79 Å². The molecule has 0 saturated heterocycles. The zero-order valence-electron chi connectivity index (χ0n) is 6.87. The summed E-state index contributed by atoms with van der Waals surface area (Å²) >= 11 is 0. The number of para-hydroxylation sites is 1. The van der Waals surface area contributed by atoms with Crippen LogP contribution in [0.5, 0.6) is 0 Å². The Morgan fingerprint density at radius 2 is 2.17 bits per heavy atom. The summed E-state index contributed by atoms with van der Waals surface area (Å²) in [4.78, 5) is 9.95. The molecule has 2 heteroatoms. The van der Waals surface area contributed by atoms with Gasteiger partial charge in [-0.15, -0.1) is 0 Å². The van der Waals surface area contributed by atoms with Crippen LogP contribution < -0.4 is 5.32 Å². The molecule has 0 unspecified atom stereocenters. The van der Waals surface area contributed by atoms with Crippen molar-refractivity contribution in [2.75, 3.05) is 12.4 Å². The second-order valence-corrected chi connectivity index (χ2v) is 2.29. The van der Waals surface area contributed by atoms with Crippen LogP contribution in [0.25, 0.3) is 6.08 Å². The SMILES string of the molecule is CNc1ccccc1/C=C/[C]=O. The molecule has 0 aromatic heterocycles. The van der Waals surface area contributed by atoms with E-state index in [0.717, 1.165) is 11.3 Å². The Hall–Kier alpha value is -1.57. The molecule has 0 aliphatic rings. The van der Waals surface area contributed by atoms with Gasteiger partial charge in [0.2, 0.25) is 6.29 Å². The molecule has 1 rings (SSSR count). The molecular weight excluding hydrogens is 150 g/mol. The molecule has 0 amide bonds. The van der Waals surface area contributed by atoms with Crippen molar-refractivity contribution in [3.05, 3.63) is 35.9 Å². The van der Waals surface area contributed by atoms with Gasteiger partial charge < -0.3 is 5.32 Å². The van der Waals surface area contributed by atoms with Gasteiger partial charge in [0.05, 0.1) is 0 Å². The van der Waals surface area contributed by atoms with E-state index < -0.39 is 0 Å². The third kappa shape index (κ3) is 1.95. The van der Waals surface area contributed by atoms with Gasteiger partial charge in [0.1, 0.15) is 0 Å². The molecular formula is C10H10NO. The van der Waals surface area contributed by atoms with E-state index >= 15 is 0 Å². The summed E-state index contributed by atoms with van der Waals surface area (Å²) in [7, 11) is 1.84. The lowest BCUT2D eigenvalue weighted by Gasteiger charge is -2.02. The topological polar surface area (TPSA) is 29.1 Å². The Labute approximate surface area is 71.9 Å². The standard InChI is InChI=1S/C10H10NO/c1-11-10-7-3-2-5-9(10)6-4-8-12/h2-7,11H,1H3/b6-4+. The highest BCUT2D eigenvalue weighted by molar-refractivity contribution is 5.78. The highest BCUT2D eigenvalue weighted by atomic mass is 16.1. The van der Waals surface area contributed by atoms with Crippen LogP contribution in [0.4, 0.5) is 5.69 Å². The molecule has 1 N–H and O–H groups in total. The van der Waals surface area contributed by atoms with Crippen molar-refractivity contribution in [1.82, 2.24) is 0 Å². The number of benzene rings is 1. The first kappa shape index (κ1) is 8.53. The minimum Gasteiger partial charge on any atom is -0.388 e. The van der Waals surface area contributed by atoms with Crippen LogP contribution in [0.15, 0.2) is 30.3 Å². The minimum absolute atomic E-state index is 0.989. The van der Waals surface area contributed by atoms with Gasteiger partial charge in [-0.1, -0.05) is 18.2 Å². The normalized spacial score (nSPS) is 10.1. The smallest absolute Gasteiger partial charge is 0.225 e. The van der Waals surface area contributed by atoms with E-state index in [4.69, 9.17) is 0 Å². The van der Waals surface area contributed by atoms with Crippen molar-refractivity contribution in [1.29, 1.82) is 0 Å². The Bertz CT molecular complexity index is 292. The molecule has 0 saturated carbocycles. The average Bonchev–Trinajstić information content (AvgIpc) is 2.15. The van der Waals surface area contributed by atoms with E-state index in [0.29, 0.717) is 0 Å². The number of hydrogen-bond acceptors (Lipinski definition) is 2. The van der Waals surface area contributed by atoms with E-state index in [2.05, 4.69) is 5.32 Å². The minimum atomic E-state index is 0.989. The predicted molar refractivity (Wildman–Crippen MR) is 50.7 cm³/mol. The van der Waals surface area contributed by atoms with Gasteiger partial charge in [-0.05, 0) is 23.8 Å². The van der Waals surface area contributed by atoms with Gasteiger partial charge in [0.15, 0.2) is 0 Å². The maximum atomic E-state index is 9.95. The number of allylic oxidation sites excluding steroid dienone is 1. The molecule has 2 nitrogen and oxygen atoms in total. The molecule has 0 heterocycles. The van der Waals surface area contributed by atoms with Crippen LogP contribution in [0.3, 0.4) is 0 Å². The summed E-state index contributed by atoms with van der Waals surface area (Å²) in [5, 5.41) is 3.02. The molecule has 0 aliphatic carbocycles. The van der Waals surface area contributed by atoms with Crippen LogP contribution in [-0.2, 0) is 4.79 Å². The molecule has 1 aromatic carbocycles. The maximum absolute atomic E-state index is 9.95. The third-order valence-electron chi connectivity index (χ3n) is 1.56. The fourth-order valence-corrected chi connectivity index (χ4v) is 0.994. The lowest BCUT2D eigenvalue weighted by atomic mass is 10.1. The number of nitrogens with one attached hydrogen (secondary N) is 1. The van der Waals surface area contributed by atoms with E-state index in [1.54, 1.807) is 12.4 Å². The number of rotatable bonds is 3. The van der Waals surface area contributed by atoms with Gasteiger partial charge in [0.25, 0.3) is 0 Å². The molecule has 0 fully saturated rings. The largest absolute Gasteiger partial charge is 0.388 e. The first-order chi connectivity index (χ1) is 5.88. The first-order valence-electron chi connectivity index (χ1n) is 3.69. The summed E-state index contributed by atoms with van der Waals surface area (Å²) in [5.74, 6) is 0. The molecule has 1 radical (unpaired) electrons. The summed E-state index contributed by atoms with van der Waals surface area (Å²) in [6, 6.07) is 7.74. The highest BCUT2D eigenvalue weighted by Crippen LogP contribution is 2.14. The van der Waals surface area contributed by atoms with Crippen LogP contribution >= 0.6 is 0 Å². The number of anilines is 1. The lowest BCUT2D eigenvalue weighted by molar-refractivity contribution is 0.564. The van der Waals surface area contributed by atoms with Crippen LogP contribution in [0.1, 0.15) is 5.56 Å². The van der Waals surface area contributed by atoms with Gasteiger partial charge in [-0.3, -0.25) is 4.79 Å². The van der Waals surface area contributed by atoms with Crippen molar-refractivity contribution in [3.8, 4) is 0 Å². The van der Waals surface area contributed by atoms with E-state index in [9.17, 15) is 4.79 Å². The maximum Gasteiger partial charge on any atom is 0.225 e. The Balaban J connectivity index is 2.96. The van der Waals surface area contributed by atoms with Crippen molar-refractivity contribution >= 4 is 18.0 Å². The molecule has 1 aromatic rings. The fraction of sp³-hybridized carbons (Fsp3) is 0.100. The molecule has 0 aliphatic heterocycles. The second-order valence-electron chi connectivity index (χ2n) is 2.29. The van der Waals surface area contributed by atoms with E-state index in [1.165, 1.54) is 6.08 Å². The Kier molecular flexibility index (Phi) is 3.08. The van der Waals surface area contributed by atoms with Crippen molar-refractivity contribution in [2.45, 2.75) is 0 Å². The predicted octanol–water partition coefficient (Wildman–Crippen LogP) is 1.85. The Morgan fingerprint density at radius 1 is 1.42 bits per heavy atom. The zero-order valence-corrected chi connectivity index (χ0v) is 6.87. The Morgan fingerprint density at radius 3 is 2.83 bits per heavy atom. The molecule has 0 spiro atoms. The summed E-state index contributed by atoms with van der Waals surface area (Å²) in [6.07, 6.45) is 4.79. The summed E-state index contributed by atoms with van der Waals surface area (Å²) in [6.45, 7) is 0. The summed E-state index contributed by atoms with van der Waals surface area (Å²) in [5.41, 5.74) is 1.99. The molecule has 12 heavy (non-hydrogen) atoms. The van der Waals surface area contributed by atoms with E-state index in [1.807, 2.05) is 31.3 Å². The van der Waals surface area contributed by atoms with Crippen LogP contribution in [-0.4, -0.2) is 13.3 Å². The van der Waals surface area contributed by atoms with Crippen molar-refractivity contribution in [2.24, 2.45) is 0 Å². The van der Waals surface area contributed by atoms with Gasteiger partial charge in [-0.25, -0.2) is 0 Å². The fourth-order valence-electron chi connectivity index (χ4n) is 0.994. The second kappa shape index (κ2) is 4.34. The highest BCUT2D eigenvalue weighted by Gasteiger charge is 1.92. The lowest BCUT2D eigenvalue weighted by Crippen LogP contribution is -1.89. The van der Waals surface area contributed by atoms with Crippen LogP contribution in [0, 0.1) is 0 Å². The monoisotopic (exact) mass is 160 g/mol. The quantitative estimate of drug-likeness (QED) is 0.684. The van der Waals surface area contributed by atoms with Crippen molar-refractivity contribution in [3.63, 3.8) is 0 Å². The molecule has 61 valence electrons. The molecule has 0 atom stereocenters. The van der Waals surface area contributed by atoms with Gasteiger partial charge in [-0.2, -0.15) is 0 Å². The van der Waals surface area contributed by atoms with E-state index in [-0.39, 0.29) is 0 Å². The zero-order chi connectivity index (χ0) is 8.81. The number of carbonyl (C=O) groups excluding carboxylic acids is 1. The first-order valence-corrected chi connectivity index (χ1v) is 3.69. The van der Waals surface area contributed by atoms with Gasteiger partial charge in [0, 0.05) is 12.7 Å². The van der Waals surface area contributed by atoms with Crippen LogP contribution in [0.2, 0.25) is 0 Å². The van der Waals surface area contributed by atoms with Gasteiger partial charge >= 0.3 is 0 Å². The third-order valence-corrected chi connectivity index (χ3v) is 1.56. The average molecular weight is 160 g/mol. The number of hydrogen-bond donors (Lipinski definition) is 1.